The maximum Gasteiger partial charge on any atom is 0.120 e. The quantitative estimate of drug-likeness (QED) is 0.118. The van der Waals surface area contributed by atoms with Gasteiger partial charge in [-0.3, -0.25) is 4.99 Å². The van der Waals surface area contributed by atoms with Gasteiger partial charge in [-0.15, -0.1) is 18.2 Å². The Morgan fingerprint density at radius 2 is 1.45 bits per heavy atom. The van der Waals surface area contributed by atoms with E-state index in [1.165, 1.54) is 22.3 Å². The van der Waals surface area contributed by atoms with E-state index in [2.05, 4.69) is 113 Å². The number of para-hydroxylation sites is 2. The van der Waals surface area contributed by atoms with Crippen LogP contribution in [0.4, 0.5) is 5.69 Å². The molecular formula is C50H44GeIrN2O-2. The van der Waals surface area contributed by atoms with E-state index >= 15 is 0 Å². The molecular weight excluding hydrogens is 909 g/mol. The Morgan fingerprint density at radius 1 is 0.745 bits per heavy atom. The minimum Gasteiger partial charge on any atom is -0.501 e. The molecule has 0 bridgehead atoms. The number of nitrogens with zero attached hydrogens (tertiary/aromatic N) is 2. The zero-order valence-corrected chi connectivity index (χ0v) is 36.2. The van der Waals surface area contributed by atoms with E-state index in [-0.39, 0.29) is 31.9 Å². The summed E-state index contributed by atoms with van der Waals surface area (Å²) in [6.45, 7) is 3.88. The molecule has 0 N–H and O–H groups in total. The summed E-state index contributed by atoms with van der Waals surface area (Å²) in [5, 5.41) is 2.22. The van der Waals surface area contributed by atoms with Gasteiger partial charge in [0.15, 0.2) is 0 Å². The third-order valence-electron chi connectivity index (χ3n) is 9.85. The summed E-state index contributed by atoms with van der Waals surface area (Å²) in [7, 11) is 0. The van der Waals surface area contributed by atoms with Crippen molar-refractivity contribution < 1.29 is 27.3 Å². The van der Waals surface area contributed by atoms with Crippen LogP contribution >= 0.6 is 0 Å². The first-order valence-electron chi connectivity index (χ1n) is 19.6. The van der Waals surface area contributed by atoms with Gasteiger partial charge in [-0.1, -0.05) is 102 Å². The van der Waals surface area contributed by atoms with Crippen molar-refractivity contribution in [3.63, 3.8) is 0 Å². The van der Waals surface area contributed by atoms with Crippen LogP contribution in [0.1, 0.15) is 44.8 Å². The van der Waals surface area contributed by atoms with Crippen LogP contribution in [0, 0.1) is 18.1 Å². The SMILES string of the molecule is [2H]C([2H])(c1cc(-c2[c-]cccc2)nc[c]1[Ge]([CH3])([CH3])[CH3])C(C)C.[Ir].[c-]1ccc2c(oc3ccccc32)c1C1=Nc2ccccc2C1c1ccc(-c2ccccc2)cc1. The molecule has 2 aromatic heterocycles. The van der Waals surface area contributed by atoms with Gasteiger partial charge in [0.05, 0.1) is 11.3 Å². The smallest absolute Gasteiger partial charge is 0.120 e. The van der Waals surface area contributed by atoms with Gasteiger partial charge in [0.1, 0.15) is 5.58 Å². The Morgan fingerprint density at radius 3 is 2.20 bits per heavy atom. The molecule has 1 atom stereocenters. The van der Waals surface area contributed by atoms with Crippen molar-refractivity contribution in [1.29, 1.82) is 0 Å². The third-order valence-corrected chi connectivity index (χ3v) is 14.1. The van der Waals surface area contributed by atoms with Crippen LogP contribution in [0.15, 0.2) is 161 Å². The Bertz CT molecular complexity index is 2680. The third kappa shape index (κ3) is 8.09. The van der Waals surface area contributed by atoms with Crippen LogP contribution < -0.4 is 4.40 Å². The molecule has 0 fully saturated rings. The van der Waals surface area contributed by atoms with E-state index in [9.17, 15) is 0 Å². The first kappa shape index (κ1) is 35.8. The van der Waals surface area contributed by atoms with E-state index in [0.717, 1.165) is 60.1 Å². The van der Waals surface area contributed by atoms with E-state index in [4.69, 9.17) is 12.2 Å². The summed E-state index contributed by atoms with van der Waals surface area (Å²) in [4.78, 5) is 9.70. The van der Waals surface area contributed by atoms with Crippen LogP contribution in [0.2, 0.25) is 17.3 Å². The number of furan rings is 1. The van der Waals surface area contributed by atoms with E-state index in [1.54, 1.807) is 0 Å². The van der Waals surface area contributed by atoms with Crippen molar-refractivity contribution in [3.8, 4) is 22.4 Å². The van der Waals surface area contributed by atoms with Gasteiger partial charge in [0.25, 0.3) is 0 Å². The number of benzene rings is 6. The molecule has 3 heterocycles. The molecule has 5 heteroatoms. The second-order valence-electron chi connectivity index (χ2n) is 15.1. The minimum atomic E-state index is -2.20. The maximum atomic E-state index is 8.56. The average Bonchev–Trinajstić information content (AvgIpc) is 3.80. The molecule has 0 aliphatic carbocycles. The van der Waals surface area contributed by atoms with Crippen molar-refractivity contribution in [2.24, 2.45) is 10.9 Å². The predicted octanol–water partition coefficient (Wildman–Crippen LogP) is 12.6. The summed E-state index contributed by atoms with van der Waals surface area (Å²) < 4.78 is 24.6. The molecule has 55 heavy (non-hydrogen) atoms. The molecule has 0 spiro atoms. The topological polar surface area (TPSA) is 38.4 Å². The maximum absolute atomic E-state index is 8.56. The van der Waals surface area contributed by atoms with Crippen molar-refractivity contribution in [1.82, 2.24) is 4.98 Å². The average molecular weight is 956 g/mol. The van der Waals surface area contributed by atoms with Gasteiger partial charge in [0.2, 0.25) is 0 Å². The first-order chi connectivity index (χ1) is 27.0. The first-order valence-corrected chi connectivity index (χ1v) is 26.0. The van der Waals surface area contributed by atoms with Gasteiger partial charge in [0, 0.05) is 31.4 Å². The fourth-order valence-electron chi connectivity index (χ4n) is 7.28. The molecule has 0 amide bonds. The van der Waals surface area contributed by atoms with Crippen LogP contribution in [-0.2, 0) is 26.5 Å². The van der Waals surface area contributed by atoms with Gasteiger partial charge < -0.3 is 4.42 Å². The van der Waals surface area contributed by atoms with Crippen LogP contribution in [0.3, 0.4) is 0 Å². The molecule has 0 saturated heterocycles. The normalized spacial score (nSPS) is 14.4. The van der Waals surface area contributed by atoms with Crippen molar-refractivity contribution in [2.75, 3.05) is 0 Å². The number of aromatic nitrogens is 1. The zero-order valence-electron chi connectivity index (χ0n) is 33.7. The summed E-state index contributed by atoms with van der Waals surface area (Å²) in [6.07, 6.45) is 0.562. The van der Waals surface area contributed by atoms with Gasteiger partial charge in [-0.2, -0.15) is 0 Å². The van der Waals surface area contributed by atoms with Gasteiger partial charge in [-0.25, -0.2) is 0 Å². The Kier molecular flexibility index (Phi) is 10.7. The molecule has 0 saturated carbocycles. The Labute approximate surface area is 344 Å². The van der Waals surface area contributed by atoms with Crippen molar-refractivity contribution in [2.45, 2.75) is 43.4 Å². The van der Waals surface area contributed by atoms with E-state index in [0.29, 0.717) is 0 Å². The fourth-order valence-corrected chi connectivity index (χ4v) is 10.2. The number of hydrogen-bond donors (Lipinski definition) is 0. The standard InChI is InChI=1S/C32H20NO.C18H24GeN.Ir/c1-2-9-21(10-3-1)22-17-19-23(20-18-22)30-26-12-4-6-15-28(26)33-31(30)27-14-8-13-25-24-11-5-7-16-29(24)34-32(25)27;1-14(2)11-16-12-18(15-9-7-6-8-10-15)20-13-17(16)19(3,4)5;/h1-13,15-20,30H;6-9,12-14H,11H2,1-5H3;/q2*-1;/i;11D2;. The monoisotopic (exact) mass is 957 g/mol. The van der Waals surface area contributed by atoms with Crippen molar-refractivity contribution in [3.05, 3.63) is 186 Å². The molecule has 1 aliphatic heterocycles. The van der Waals surface area contributed by atoms with Crippen molar-refractivity contribution >= 4 is 51.0 Å². The number of rotatable bonds is 7. The zero-order chi connectivity index (χ0) is 39.0. The summed E-state index contributed by atoms with van der Waals surface area (Å²) in [5.74, 6) is 6.80. The fraction of sp³-hybridized carbons (Fsp3) is 0.160. The molecule has 1 unspecified atom stereocenters. The Balaban J connectivity index is 0.000000189. The summed E-state index contributed by atoms with van der Waals surface area (Å²) >= 11 is -2.20. The minimum absolute atomic E-state index is 0. The van der Waals surface area contributed by atoms with Crippen LogP contribution in [0.25, 0.3) is 44.3 Å². The molecule has 275 valence electrons. The molecule has 9 rings (SSSR count). The molecule has 3 nitrogen and oxygen atoms in total. The molecule has 8 aromatic rings. The van der Waals surface area contributed by atoms with Gasteiger partial charge in [-0.05, 0) is 40.1 Å². The van der Waals surface area contributed by atoms with Gasteiger partial charge >= 0.3 is 128 Å². The van der Waals surface area contributed by atoms with Crippen LogP contribution in [0.5, 0.6) is 0 Å². The molecule has 1 aliphatic rings. The number of hydrogen-bond acceptors (Lipinski definition) is 3. The molecule has 1 radical (unpaired) electrons. The van der Waals surface area contributed by atoms with Crippen LogP contribution in [-0.4, -0.2) is 24.0 Å². The predicted molar refractivity (Wildman–Crippen MR) is 229 cm³/mol. The second kappa shape index (κ2) is 16.5. The number of pyridine rings is 1. The van der Waals surface area contributed by atoms with E-state index in [1.807, 2.05) is 86.8 Å². The Hall–Kier alpha value is -4.87. The van der Waals surface area contributed by atoms with E-state index < -0.39 is 19.6 Å². The number of aliphatic imine (C=N–C) groups is 1. The number of fused-ring (bicyclic) bond motifs is 4. The largest absolute Gasteiger partial charge is 0.501 e. The second-order valence-corrected chi connectivity index (χ2v) is 25.7. The molecule has 6 aromatic carbocycles. The summed E-state index contributed by atoms with van der Waals surface area (Å²) in [5.41, 5.74) is 12.0. The summed E-state index contributed by atoms with van der Waals surface area (Å²) in [6, 6.07) is 56.3.